The summed E-state index contributed by atoms with van der Waals surface area (Å²) in [5, 5.41) is 11.7. The van der Waals surface area contributed by atoms with Gasteiger partial charge in [-0.3, -0.25) is 4.79 Å². The highest BCUT2D eigenvalue weighted by atomic mass is 35.5. The monoisotopic (exact) mass is 394 g/mol. The predicted octanol–water partition coefficient (Wildman–Crippen LogP) is 3.77. The third-order valence-electron chi connectivity index (χ3n) is 3.62. The molecule has 1 amide bonds. The molecule has 0 unspecified atom stereocenters. The zero-order valence-electron chi connectivity index (χ0n) is 13.8. The second-order valence-electron chi connectivity index (χ2n) is 5.53. The maximum atomic E-state index is 12.5. The Morgan fingerprint density at radius 1 is 1.30 bits per heavy atom. The Morgan fingerprint density at radius 2 is 2.07 bits per heavy atom. The number of carbonyl (C=O) groups excluding carboxylic acids is 1. The molecule has 1 aliphatic rings. The molecule has 6 nitrogen and oxygen atoms in total. The largest absolute Gasteiger partial charge is 0.486 e. The number of nitrogens with one attached hydrogen (secondary N) is 1. The van der Waals surface area contributed by atoms with Gasteiger partial charge in [0.1, 0.15) is 19.0 Å². The quantitative estimate of drug-likeness (QED) is 0.835. The fourth-order valence-electron chi connectivity index (χ4n) is 2.54. The highest BCUT2D eigenvalue weighted by Crippen LogP contribution is 2.38. The number of ether oxygens (including phenoxy) is 3. The molecule has 0 radical (unpaired) electrons. The molecular weight excluding hydrogens is 382 g/mol. The number of nitrogens with zero attached hydrogens (tertiary/aromatic N) is 1. The summed E-state index contributed by atoms with van der Waals surface area (Å²) >= 11 is 6.14. The Kier molecular flexibility index (Phi) is 5.62. The van der Waals surface area contributed by atoms with Crippen LogP contribution in [0.3, 0.4) is 0 Å². The summed E-state index contributed by atoms with van der Waals surface area (Å²) in [6, 6.07) is 8.83. The SMILES string of the molecule is N#Cc1ccc(OC(F)F)c(NC(=O)Cc2cc(Cl)c3c(c2)OCCO3)c1. The number of anilines is 1. The van der Waals surface area contributed by atoms with E-state index in [1.165, 1.54) is 18.2 Å². The minimum absolute atomic E-state index is 0.0250. The number of benzene rings is 2. The molecule has 1 aliphatic heterocycles. The number of halogens is 3. The van der Waals surface area contributed by atoms with Crippen LogP contribution in [0.15, 0.2) is 30.3 Å². The number of amides is 1. The van der Waals surface area contributed by atoms with E-state index < -0.39 is 12.5 Å². The molecule has 140 valence electrons. The van der Waals surface area contributed by atoms with Gasteiger partial charge in [-0.2, -0.15) is 14.0 Å². The summed E-state index contributed by atoms with van der Waals surface area (Å²) in [5.74, 6) is 0.112. The van der Waals surface area contributed by atoms with E-state index in [1.807, 2.05) is 6.07 Å². The first-order chi connectivity index (χ1) is 13.0. The highest BCUT2D eigenvalue weighted by Gasteiger charge is 2.19. The van der Waals surface area contributed by atoms with Gasteiger partial charge in [-0.15, -0.1) is 0 Å². The van der Waals surface area contributed by atoms with Crippen LogP contribution in [-0.2, 0) is 11.2 Å². The van der Waals surface area contributed by atoms with Gasteiger partial charge in [-0.25, -0.2) is 0 Å². The van der Waals surface area contributed by atoms with Crippen molar-refractivity contribution in [3.8, 4) is 23.3 Å². The Hall–Kier alpha value is -3.05. The van der Waals surface area contributed by atoms with Gasteiger partial charge in [-0.1, -0.05) is 11.6 Å². The molecule has 0 bridgehead atoms. The first-order valence-corrected chi connectivity index (χ1v) is 8.21. The molecule has 0 aliphatic carbocycles. The number of nitriles is 1. The van der Waals surface area contributed by atoms with Crippen LogP contribution in [0.2, 0.25) is 5.02 Å². The van der Waals surface area contributed by atoms with E-state index in [-0.39, 0.29) is 23.4 Å². The Labute approximate surface area is 158 Å². The van der Waals surface area contributed by atoms with Crippen LogP contribution in [0.5, 0.6) is 17.2 Å². The lowest BCUT2D eigenvalue weighted by molar-refractivity contribution is -0.115. The molecule has 1 N–H and O–H groups in total. The summed E-state index contributed by atoms with van der Waals surface area (Å²) in [5.41, 5.74) is 0.715. The number of rotatable bonds is 5. The van der Waals surface area contributed by atoms with Crippen molar-refractivity contribution in [3.05, 3.63) is 46.5 Å². The van der Waals surface area contributed by atoms with Crippen LogP contribution in [0, 0.1) is 11.3 Å². The molecular formula is C18H13ClF2N2O4. The van der Waals surface area contributed by atoms with E-state index in [4.69, 9.17) is 26.3 Å². The molecule has 0 spiro atoms. The van der Waals surface area contributed by atoms with E-state index in [0.717, 1.165) is 0 Å². The lowest BCUT2D eigenvalue weighted by Crippen LogP contribution is -2.18. The molecule has 2 aromatic carbocycles. The molecule has 1 heterocycles. The zero-order valence-corrected chi connectivity index (χ0v) is 14.6. The zero-order chi connectivity index (χ0) is 19.4. The van der Waals surface area contributed by atoms with Crippen molar-refractivity contribution in [1.29, 1.82) is 5.26 Å². The number of alkyl halides is 2. The van der Waals surface area contributed by atoms with Gasteiger partial charge in [0.25, 0.3) is 0 Å². The van der Waals surface area contributed by atoms with Gasteiger partial charge in [0.2, 0.25) is 5.91 Å². The van der Waals surface area contributed by atoms with Gasteiger partial charge in [0.05, 0.1) is 28.8 Å². The van der Waals surface area contributed by atoms with E-state index in [2.05, 4.69) is 10.1 Å². The number of hydrogen-bond acceptors (Lipinski definition) is 5. The Bertz CT molecular complexity index is 915. The van der Waals surface area contributed by atoms with Gasteiger partial charge >= 0.3 is 6.61 Å². The Morgan fingerprint density at radius 3 is 2.81 bits per heavy atom. The summed E-state index contributed by atoms with van der Waals surface area (Å²) in [6.07, 6.45) is -0.0960. The second-order valence-corrected chi connectivity index (χ2v) is 5.94. The average molecular weight is 395 g/mol. The van der Waals surface area contributed by atoms with Gasteiger partial charge < -0.3 is 19.5 Å². The van der Waals surface area contributed by atoms with Crippen molar-refractivity contribution >= 4 is 23.2 Å². The lowest BCUT2D eigenvalue weighted by Gasteiger charge is -2.20. The van der Waals surface area contributed by atoms with E-state index in [9.17, 15) is 13.6 Å². The molecule has 0 aromatic heterocycles. The molecule has 0 atom stereocenters. The van der Waals surface area contributed by atoms with Gasteiger partial charge in [0, 0.05) is 0 Å². The topological polar surface area (TPSA) is 80.6 Å². The highest BCUT2D eigenvalue weighted by molar-refractivity contribution is 6.32. The van der Waals surface area contributed by atoms with Crippen LogP contribution in [0.25, 0.3) is 0 Å². The average Bonchev–Trinajstić information content (AvgIpc) is 2.62. The molecule has 2 aromatic rings. The number of hydrogen-bond donors (Lipinski definition) is 1. The van der Waals surface area contributed by atoms with E-state index in [0.29, 0.717) is 35.3 Å². The van der Waals surface area contributed by atoms with Crippen molar-refractivity contribution in [1.82, 2.24) is 0 Å². The third kappa shape index (κ3) is 4.57. The third-order valence-corrected chi connectivity index (χ3v) is 3.90. The summed E-state index contributed by atoms with van der Waals surface area (Å²) in [4.78, 5) is 12.3. The molecule has 9 heteroatoms. The molecule has 0 saturated carbocycles. The maximum absolute atomic E-state index is 12.5. The summed E-state index contributed by atoms with van der Waals surface area (Å²) in [6.45, 7) is -2.31. The lowest BCUT2D eigenvalue weighted by atomic mass is 10.1. The van der Waals surface area contributed by atoms with Crippen molar-refractivity contribution < 1.29 is 27.8 Å². The van der Waals surface area contributed by atoms with Gasteiger partial charge in [0.15, 0.2) is 11.5 Å². The predicted molar refractivity (Wildman–Crippen MR) is 92.6 cm³/mol. The van der Waals surface area contributed by atoms with Crippen molar-refractivity contribution in [2.75, 3.05) is 18.5 Å². The van der Waals surface area contributed by atoms with Crippen LogP contribution in [0.4, 0.5) is 14.5 Å². The first-order valence-electron chi connectivity index (χ1n) is 7.83. The molecule has 0 fully saturated rings. The summed E-state index contributed by atoms with van der Waals surface area (Å²) < 4.78 is 40.3. The number of carbonyl (C=O) groups is 1. The van der Waals surface area contributed by atoms with E-state index >= 15 is 0 Å². The smallest absolute Gasteiger partial charge is 0.387 e. The van der Waals surface area contributed by atoms with E-state index in [1.54, 1.807) is 12.1 Å². The minimum Gasteiger partial charge on any atom is -0.486 e. The summed E-state index contributed by atoms with van der Waals surface area (Å²) in [7, 11) is 0. The maximum Gasteiger partial charge on any atom is 0.387 e. The minimum atomic E-state index is -3.06. The second kappa shape index (κ2) is 8.10. The fourth-order valence-corrected chi connectivity index (χ4v) is 2.83. The first kappa shape index (κ1) is 18.7. The van der Waals surface area contributed by atoms with Crippen molar-refractivity contribution in [3.63, 3.8) is 0 Å². The fraction of sp³-hybridized carbons (Fsp3) is 0.222. The van der Waals surface area contributed by atoms with Crippen LogP contribution in [-0.4, -0.2) is 25.7 Å². The molecule has 27 heavy (non-hydrogen) atoms. The number of fused-ring (bicyclic) bond motifs is 1. The van der Waals surface area contributed by atoms with Gasteiger partial charge in [-0.05, 0) is 35.9 Å². The Balaban J connectivity index is 1.78. The van der Waals surface area contributed by atoms with Crippen LogP contribution >= 0.6 is 11.6 Å². The van der Waals surface area contributed by atoms with Crippen LogP contribution in [0.1, 0.15) is 11.1 Å². The normalized spacial score (nSPS) is 12.4. The van der Waals surface area contributed by atoms with Crippen molar-refractivity contribution in [2.24, 2.45) is 0 Å². The molecule has 0 saturated heterocycles. The standard InChI is InChI=1S/C18H13ClF2N2O4/c19-12-5-11(7-15-17(12)26-4-3-25-15)8-16(24)23-13-6-10(9-22)1-2-14(13)27-18(20)21/h1-2,5-7,18H,3-4,8H2,(H,23,24). The van der Waals surface area contributed by atoms with Crippen LogP contribution < -0.4 is 19.5 Å². The van der Waals surface area contributed by atoms with Crippen molar-refractivity contribution in [2.45, 2.75) is 13.0 Å². The molecule has 3 rings (SSSR count).